The molecule has 1 unspecified atom stereocenters. The van der Waals surface area contributed by atoms with E-state index >= 15 is 0 Å². The van der Waals surface area contributed by atoms with E-state index in [1.807, 2.05) is 37.3 Å². The second-order valence-electron chi connectivity index (χ2n) is 4.98. The number of hydrogen-bond acceptors (Lipinski definition) is 3. The standard InChI is InChI=1S/C16H15BrN2O/c1-10(18)7-13-5-6-15(20-13)14-4-2-3-11-8-12(17)9-19-16(11)14/h2-6,8-10H,7,18H2,1H3. The number of pyridine rings is 1. The molecule has 1 aromatic carbocycles. The Morgan fingerprint density at radius 2 is 2.15 bits per heavy atom. The number of nitrogens with two attached hydrogens (primary N) is 1. The van der Waals surface area contributed by atoms with E-state index in [9.17, 15) is 0 Å². The van der Waals surface area contributed by atoms with Gasteiger partial charge in [0.2, 0.25) is 0 Å². The number of fused-ring (bicyclic) bond motifs is 1. The van der Waals surface area contributed by atoms with Crippen molar-refractivity contribution in [1.82, 2.24) is 4.98 Å². The van der Waals surface area contributed by atoms with Crippen LogP contribution >= 0.6 is 15.9 Å². The lowest BCUT2D eigenvalue weighted by atomic mass is 10.1. The Kier molecular flexibility index (Phi) is 3.59. The molecule has 20 heavy (non-hydrogen) atoms. The van der Waals surface area contributed by atoms with Crippen LogP contribution in [0.4, 0.5) is 0 Å². The first-order chi connectivity index (χ1) is 9.63. The molecule has 2 N–H and O–H groups in total. The molecule has 1 atom stereocenters. The lowest BCUT2D eigenvalue weighted by Gasteiger charge is -2.04. The van der Waals surface area contributed by atoms with Crippen LogP contribution in [0.3, 0.4) is 0 Å². The number of aromatic nitrogens is 1. The second-order valence-corrected chi connectivity index (χ2v) is 5.89. The highest BCUT2D eigenvalue weighted by Crippen LogP contribution is 2.30. The normalized spacial score (nSPS) is 12.8. The van der Waals surface area contributed by atoms with Crippen molar-refractivity contribution >= 4 is 26.8 Å². The maximum absolute atomic E-state index is 5.89. The number of benzene rings is 1. The lowest BCUT2D eigenvalue weighted by molar-refractivity contribution is 0.503. The Morgan fingerprint density at radius 3 is 2.95 bits per heavy atom. The number of para-hydroxylation sites is 1. The first kappa shape index (κ1) is 13.3. The third-order valence-corrected chi connectivity index (χ3v) is 3.56. The van der Waals surface area contributed by atoms with Gasteiger partial charge in [0, 0.05) is 34.1 Å². The molecule has 0 aliphatic heterocycles. The molecule has 0 fully saturated rings. The molecule has 0 spiro atoms. The van der Waals surface area contributed by atoms with E-state index in [-0.39, 0.29) is 6.04 Å². The average molecular weight is 331 g/mol. The molecule has 3 aromatic rings. The summed E-state index contributed by atoms with van der Waals surface area (Å²) in [5.74, 6) is 1.74. The number of hydrogen-bond donors (Lipinski definition) is 1. The van der Waals surface area contributed by atoms with E-state index in [0.29, 0.717) is 0 Å². The maximum atomic E-state index is 5.89. The Labute approximate surface area is 125 Å². The zero-order valence-corrected chi connectivity index (χ0v) is 12.7. The molecule has 102 valence electrons. The predicted octanol–water partition coefficient (Wildman–Crippen LogP) is 4.15. The highest BCUT2D eigenvalue weighted by molar-refractivity contribution is 9.10. The molecule has 0 aliphatic rings. The zero-order chi connectivity index (χ0) is 14.1. The third-order valence-electron chi connectivity index (χ3n) is 3.13. The van der Waals surface area contributed by atoms with Gasteiger partial charge in [0.25, 0.3) is 0 Å². The van der Waals surface area contributed by atoms with Gasteiger partial charge in [-0.1, -0.05) is 12.1 Å². The van der Waals surface area contributed by atoms with Gasteiger partial charge in [-0.2, -0.15) is 0 Å². The number of furan rings is 1. The fraction of sp³-hybridized carbons (Fsp3) is 0.188. The Hall–Kier alpha value is -1.65. The highest BCUT2D eigenvalue weighted by Gasteiger charge is 2.10. The summed E-state index contributed by atoms with van der Waals surface area (Å²) in [6.07, 6.45) is 2.54. The van der Waals surface area contributed by atoms with Crippen LogP contribution in [0, 0.1) is 0 Å². The van der Waals surface area contributed by atoms with Crippen molar-refractivity contribution in [2.75, 3.05) is 0 Å². The molecule has 0 amide bonds. The molecule has 2 heterocycles. The molecule has 3 nitrogen and oxygen atoms in total. The number of rotatable bonds is 3. The molecule has 0 bridgehead atoms. The van der Waals surface area contributed by atoms with E-state index in [2.05, 4.69) is 27.0 Å². The predicted molar refractivity (Wildman–Crippen MR) is 84.5 cm³/mol. The van der Waals surface area contributed by atoms with Crippen molar-refractivity contribution in [1.29, 1.82) is 0 Å². The molecule has 4 heteroatoms. The molecule has 0 saturated carbocycles. The van der Waals surface area contributed by atoms with Crippen molar-refractivity contribution in [2.24, 2.45) is 5.73 Å². The average Bonchev–Trinajstić information content (AvgIpc) is 2.85. The molecule has 0 aliphatic carbocycles. The van der Waals surface area contributed by atoms with Crippen LogP contribution in [0.5, 0.6) is 0 Å². The summed E-state index contributed by atoms with van der Waals surface area (Å²) in [6.45, 7) is 1.97. The van der Waals surface area contributed by atoms with Crippen molar-refractivity contribution in [3.05, 3.63) is 52.8 Å². The van der Waals surface area contributed by atoms with Crippen molar-refractivity contribution in [3.8, 4) is 11.3 Å². The fourth-order valence-corrected chi connectivity index (χ4v) is 2.63. The molecular weight excluding hydrogens is 316 g/mol. The molecule has 0 radical (unpaired) electrons. The van der Waals surface area contributed by atoms with E-state index < -0.39 is 0 Å². The van der Waals surface area contributed by atoms with Gasteiger partial charge in [0.05, 0.1) is 5.52 Å². The first-order valence-corrected chi connectivity index (χ1v) is 7.32. The molecule has 3 rings (SSSR count). The van der Waals surface area contributed by atoms with E-state index in [1.165, 1.54) is 0 Å². The van der Waals surface area contributed by atoms with E-state index in [0.717, 1.165) is 38.9 Å². The molecule has 0 saturated heterocycles. The van der Waals surface area contributed by atoms with Crippen LogP contribution in [0.2, 0.25) is 0 Å². The summed E-state index contributed by atoms with van der Waals surface area (Å²) < 4.78 is 6.86. The molecule has 2 aromatic heterocycles. The Morgan fingerprint density at radius 1 is 1.30 bits per heavy atom. The Balaban J connectivity index is 2.07. The van der Waals surface area contributed by atoms with E-state index in [1.54, 1.807) is 6.20 Å². The van der Waals surface area contributed by atoms with Gasteiger partial charge in [0.15, 0.2) is 0 Å². The first-order valence-electron chi connectivity index (χ1n) is 6.52. The minimum Gasteiger partial charge on any atom is -0.461 e. The summed E-state index contributed by atoms with van der Waals surface area (Å²) >= 11 is 3.44. The fourth-order valence-electron chi connectivity index (χ4n) is 2.28. The monoisotopic (exact) mass is 330 g/mol. The SMILES string of the molecule is CC(N)Cc1ccc(-c2cccc3cc(Br)cnc23)o1. The summed E-state index contributed by atoms with van der Waals surface area (Å²) in [5, 5.41) is 1.09. The lowest BCUT2D eigenvalue weighted by Crippen LogP contribution is -2.17. The van der Waals surface area contributed by atoms with Crippen LogP contribution < -0.4 is 5.73 Å². The summed E-state index contributed by atoms with van der Waals surface area (Å²) in [6, 6.07) is 12.2. The largest absolute Gasteiger partial charge is 0.461 e. The van der Waals surface area contributed by atoms with Gasteiger partial charge in [0.1, 0.15) is 11.5 Å². The van der Waals surface area contributed by atoms with Crippen molar-refractivity contribution < 1.29 is 4.42 Å². The van der Waals surface area contributed by atoms with Gasteiger partial charge in [-0.05, 0) is 47.1 Å². The van der Waals surface area contributed by atoms with Gasteiger partial charge in [-0.25, -0.2) is 0 Å². The number of nitrogens with zero attached hydrogens (tertiary/aromatic N) is 1. The van der Waals surface area contributed by atoms with Crippen LogP contribution in [-0.4, -0.2) is 11.0 Å². The van der Waals surface area contributed by atoms with E-state index in [4.69, 9.17) is 10.2 Å². The van der Waals surface area contributed by atoms with Crippen LogP contribution in [0.1, 0.15) is 12.7 Å². The van der Waals surface area contributed by atoms with Crippen LogP contribution in [-0.2, 0) is 6.42 Å². The van der Waals surface area contributed by atoms with Crippen LogP contribution in [0.15, 0.2) is 51.5 Å². The van der Waals surface area contributed by atoms with Crippen molar-refractivity contribution in [2.45, 2.75) is 19.4 Å². The van der Waals surface area contributed by atoms with Crippen molar-refractivity contribution in [3.63, 3.8) is 0 Å². The summed E-state index contributed by atoms with van der Waals surface area (Å²) in [5.41, 5.74) is 7.75. The van der Waals surface area contributed by atoms with Gasteiger partial charge >= 0.3 is 0 Å². The zero-order valence-electron chi connectivity index (χ0n) is 11.1. The summed E-state index contributed by atoms with van der Waals surface area (Å²) in [4.78, 5) is 4.50. The van der Waals surface area contributed by atoms with Gasteiger partial charge in [-0.15, -0.1) is 0 Å². The third kappa shape index (κ3) is 2.62. The van der Waals surface area contributed by atoms with Crippen LogP contribution in [0.25, 0.3) is 22.2 Å². The smallest absolute Gasteiger partial charge is 0.136 e. The maximum Gasteiger partial charge on any atom is 0.136 e. The van der Waals surface area contributed by atoms with Gasteiger partial charge < -0.3 is 10.2 Å². The number of halogens is 1. The highest BCUT2D eigenvalue weighted by atomic mass is 79.9. The Bertz CT molecular complexity index is 749. The summed E-state index contributed by atoms with van der Waals surface area (Å²) in [7, 11) is 0. The van der Waals surface area contributed by atoms with Gasteiger partial charge in [-0.3, -0.25) is 4.98 Å². The topological polar surface area (TPSA) is 52.0 Å². The molecular formula is C16H15BrN2O. The minimum atomic E-state index is 0.0931. The quantitative estimate of drug-likeness (QED) is 0.784. The minimum absolute atomic E-state index is 0.0931. The second kappa shape index (κ2) is 5.38.